The molecule has 1 aromatic heterocycles. The van der Waals surface area contributed by atoms with Crippen LogP contribution in [0.15, 0.2) is 45.3 Å². The first-order valence-corrected chi connectivity index (χ1v) is 6.01. The van der Waals surface area contributed by atoms with Crippen molar-refractivity contribution in [3.8, 4) is 0 Å². The Labute approximate surface area is 107 Å². The summed E-state index contributed by atoms with van der Waals surface area (Å²) in [5, 5.41) is 10.2. The Kier molecular flexibility index (Phi) is 3.83. The van der Waals surface area contributed by atoms with Gasteiger partial charge in [0.15, 0.2) is 5.16 Å². The molecule has 1 aromatic carbocycles. The summed E-state index contributed by atoms with van der Waals surface area (Å²) in [5.41, 5.74) is 0.417. The molecule has 0 unspecified atom stereocenters. The number of aromatic nitrogens is 2. The molecule has 2 N–H and O–H groups in total. The van der Waals surface area contributed by atoms with Crippen LogP contribution < -0.4 is 5.56 Å². The van der Waals surface area contributed by atoms with E-state index in [2.05, 4.69) is 9.97 Å². The normalized spacial score (nSPS) is 10.5. The van der Waals surface area contributed by atoms with Crippen LogP contribution in [0.4, 0.5) is 0 Å². The fraction of sp³-hybridized carbons (Fsp3) is 0.0909. The lowest BCUT2D eigenvalue weighted by Gasteiger charge is -2.07. The van der Waals surface area contributed by atoms with Crippen molar-refractivity contribution in [2.24, 2.45) is 0 Å². The first-order valence-electron chi connectivity index (χ1n) is 4.82. The first-order chi connectivity index (χ1) is 8.20. The third-order valence-corrected chi connectivity index (χ3v) is 3.45. The molecule has 0 saturated heterocycles. The van der Waals surface area contributed by atoms with Gasteiger partial charge in [0.25, 0.3) is 5.56 Å². The van der Waals surface area contributed by atoms with E-state index in [0.717, 1.165) is 4.90 Å². The number of nitrogens with zero attached hydrogens (tertiary/aromatic N) is 1. The SMILES string of the molecule is O=c1ccnc(Sc2cccc(Cl)c2CO)[nH]1. The Bertz CT molecular complexity index is 586. The highest BCUT2D eigenvalue weighted by Crippen LogP contribution is 2.31. The minimum Gasteiger partial charge on any atom is -0.392 e. The summed E-state index contributed by atoms with van der Waals surface area (Å²) in [5.74, 6) is 0. The number of nitrogens with one attached hydrogen (secondary N) is 1. The highest BCUT2D eigenvalue weighted by molar-refractivity contribution is 7.99. The molecule has 0 amide bonds. The average Bonchev–Trinajstić information content (AvgIpc) is 2.29. The van der Waals surface area contributed by atoms with E-state index in [4.69, 9.17) is 11.6 Å². The maximum atomic E-state index is 11.1. The lowest BCUT2D eigenvalue weighted by molar-refractivity contribution is 0.279. The molecular weight excluding hydrogens is 260 g/mol. The van der Waals surface area contributed by atoms with Gasteiger partial charge in [0, 0.05) is 27.7 Å². The molecule has 0 aliphatic carbocycles. The number of aliphatic hydroxyl groups excluding tert-OH is 1. The van der Waals surface area contributed by atoms with Crippen molar-refractivity contribution in [2.45, 2.75) is 16.7 Å². The molecule has 2 rings (SSSR count). The Hall–Kier alpha value is -1.30. The molecule has 1 heterocycles. The van der Waals surface area contributed by atoms with Gasteiger partial charge in [-0.2, -0.15) is 0 Å². The van der Waals surface area contributed by atoms with E-state index in [0.29, 0.717) is 15.7 Å². The van der Waals surface area contributed by atoms with Gasteiger partial charge in [0.05, 0.1) is 6.61 Å². The van der Waals surface area contributed by atoms with Gasteiger partial charge >= 0.3 is 0 Å². The molecule has 0 saturated carbocycles. The summed E-state index contributed by atoms with van der Waals surface area (Å²) in [6.45, 7) is -0.154. The third-order valence-electron chi connectivity index (χ3n) is 2.09. The van der Waals surface area contributed by atoms with Gasteiger partial charge < -0.3 is 10.1 Å². The zero-order chi connectivity index (χ0) is 12.3. The van der Waals surface area contributed by atoms with Gasteiger partial charge in [-0.25, -0.2) is 4.98 Å². The standard InChI is InChI=1S/C11H9ClN2O2S/c12-8-2-1-3-9(7(8)6-15)17-11-13-5-4-10(16)14-11/h1-5,15H,6H2,(H,13,14,16). The number of aromatic amines is 1. The zero-order valence-corrected chi connectivity index (χ0v) is 10.3. The Morgan fingerprint density at radius 3 is 2.94 bits per heavy atom. The van der Waals surface area contributed by atoms with Crippen molar-refractivity contribution in [1.82, 2.24) is 9.97 Å². The predicted molar refractivity (Wildman–Crippen MR) is 66.4 cm³/mol. The fourth-order valence-corrected chi connectivity index (χ4v) is 2.50. The van der Waals surface area contributed by atoms with Crippen molar-refractivity contribution < 1.29 is 5.11 Å². The van der Waals surface area contributed by atoms with E-state index < -0.39 is 0 Å². The van der Waals surface area contributed by atoms with E-state index in [1.54, 1.807) is 12.1 Å². The number of H-pyrrole nitrogens is 1. The highest BCUT2D eigenvalue weighted by Gasteiger charge is 2.08. The van der Waals surface area contributed by atoms with Crippen LogP contribution in [-0.4, -0.2) is 15.1 Å². The quantitative estimate of drug-likeness (QED) is 0.837. The molecule has 0 aliphatic rings. The van der Waals surface area contributed by atoms with Crippen molar-refractivity contribution in [3.63, 3.8) is 0 Å². The predicted octanol–water partition coefficient (Wildman–Crippen LogP) is 2.07. The van der Waals surface area contributed by atoms with E-state index in [9.17, 15) is 9.90 Å². The molecule has 2 aromatic rings. The average molecular weight is 269 g/mol. The number of hydrogen-bond acceptors (Lipinski definition) is 4. The van der Waals surface area contributed by atoms with Crippen molar-refractivity contribution in [2.75, 3.05) is 0 Å². The Balaban J connectivity index is 2.36. The Morgan fingerprint density at radius 2 is 2.24 bits per heavy atom. The lowest BCUT2D eigenvalue weighted by Crippen LogP contribution is -2.05. The van der Waals surface area contributed by atoms with Crippen molar-refractivity contribution in [1.29, 1.82) is 0 Å². The number of halogens is 1. The maximum absolute atomic E-state index is 11.1. The number of benzene rings is 1. The highest BCUT2D eigenvalue weighted by atomic mass is 35.5. The van der Waals surface area contributed by atoms with Crippen LogP contribution in [0.5, 0.6) is 0 Å². The number of aliphatic hydroxyl groups is 1. The molecule has 0 bridgehead atoms. The zero-order valence-electron chi connectivity index (χ0n) is 8.68. The van der Waals surface area contributed by atoms with Crippen LogP contribution in [0.2, 0.25) is 5.02 Å². The van der Waals surface area contributed by atoms with E-state index in [1.807, 2.05) is 6.07 Å². The summed E-state index contributed by atoms with van der Waals surface area (Å²) in [4.78, 5) is 18.5. The molecule has 6 heteroatoms. The van der Waals surface area contributed by atoms with Gasteiger partial charge in [-0.05, 0) is 12.1 Å². The van der Waals surface area contributed by atoms with Crippen LogP contribution in [0.3, 0.4) is 0 Å². The minimum atomic E-state index is -0.213. The minimum absolute atomic E-state index is 0.154. The topological polar surface area (TPSA) is 66.0 Å². The maximum Gasteiger partial charge on any atom is 0.251 e. The monoisotopic (exact) mass is 268 g/mol. The second-order valence-electron chi connectivity index (χ2n) is 3.22. The molecule has 17 heavy (non-hydrogen) atoms. The molecule has 0 aliphatic heterocycles. The summed E-state index contributed by atoms with van der Waals surface area (Å²) in [6.07, 6.45) is 1.43. The van der Waals surface area contributed by atoms with Crippen LogP contribution >= 0.6 is 23.4 Å². The smallest absolute Gasteiger partial charge is 0.251 e. The summed E-state index contributed by atoms with van der Waals surface area (Å²) in [7, 11) is 0. The molecule has 0 radical (unpaired) electrons. The molecule has 4 nitrogen and oxygen atoms in total. The second kappa shape index (κ2) is 5.35. The Morgan fingerprint density at radius 1 is 1.41 bits per heavy atom. The summed E-state index contributed by atoms with van der Waals surface area (Å²) in [6, 6.07) is 6.65. The van der Waals surface area contributed by atoms with Crippen LogP contribution in [0.25, 0.3) is 0 Å². The fourth-order valence-electron chi connectivity index (χ4n) is 1.30. The largest absolute Gasteiger partial charge is 0.392 e. The van der Waals surface area contributed by atoms with Gasteiger partial charge in [0.2, 0.25) is 0 Å². The second-order valence-corrected chi connectivity index (χ2v) is 4.65. The summed E-state index contributed by atoms with van der Waals surface area (Å²) < 4.78 is 0. The molecule has 0 spiro atoms. The van der Waals surface area contributed by atoms with Crippen LogP contribution in [0.1, 0.15) is 5.56 Å². The first kappa shape index (κ1) is 12.2. The van der Waals surface area contributed by atoms with E-state index in [-0.39, 0.29) is 12.2 Å². The molecular formula is C11H9ClN2O2S. The number of rotatable bonds is 3. The van der Waals surface area contributed by atoms with Gasteiger partial charge in [-0.15, -0.1) is 0 Å². The van der Waals surface area contributed by atoms with E-state index in [1.165, 1.54) is 24.0 Å². The third kappa shape index (κ3) is 2.88. The molecule has 0 atom stereocenters. The number of hydrogen-bond donors (Lipinski definition) is 2. The summed E-state index contributed by atoms with van der Waals surface area (Å²) >= 11 is 7.22. The van der Waals surface area contributed by atoms with Crippen LogP contribution in [0, 0.1) is 0 Å². The lowest BCUT2D eigenvalue weighted by atomic mass is 10.2. The van der Waals surface area contributed by atoms with Gasteiger partial charge in [0.1, 0.15) is 0 Å². The van der Waals surface area contributed by atoms with Crippen molar-refractivity contribution in [3.05, 3.63) is 51.4 Å². The molecule has 88 valence electrons. The van der Waals surface area contributed by atoms with Gasteiger partial charge in [-0.1, -0.05) is 29.4 Å². The molecule has 0 fully saturated rings. The van der Waals surface area contributed by atoms with E-state index >= 15 is 0 Å². The van der Waals surface area contributed by atoms with Gasteiger partial charge in [-0.3, -0.25) is 4.79 Å². The van der Waals surface area contributed by atoms with Crippen molar-refractivity contribution >= 4 is 23.4 Å². The van der Waals surface area contributed by atoms with Crippen LogP contribution in [-0.2, 0) is 6.61 Å².